The number of carbonyl (C=O) groups is 2. The largest absolute Gasteiger partial charge is 0.377 e. The number of amides is 2. The molecule has 0 bridgehead atoms. The van der Waals surface area contributed by atoms with Crippen LogP contribution in [0.3, 0.4) is 0 Å². The number of hydrogen-bond donors (Lipinski definition) is 6. The zero-order valence-corrected chi connectivity index (χ0v) is 28.2. The molecule has 2 aromatic heterocycles. The van der Waals surface area contributed by atoms with Crippen LogP contribution >= 0.6 is 0 Å². The van der Waals surface area contributed by atoms with Crippen LogP contribution in [0.1, 0.15) is 53.3 Å². The Morgan fingerprint density at radius 1 is 0.660 bits per heavy atom. The summed E-state index contributed by atoms with van der Waals surface area (Å²) in [6.45, 7) is 5.26. The summed E-state index contributed by atoms with van der Waals surface area (Å²) in [5.41, 5.74) is 3.63. The van der Waals surface area contributed by atoms with Gasteiger partial charge in [0.05, 0.1) is 38.1 Å². The molecule has 0 atom stereocenters. The number of carbonyl (C=O) groups excluding carboxylic acids is 2. The van der Waals surface area contributed by atoms with Gasteiger partial charge < -0.3 is 36.1 Å². The summed E-state index contributed by atoms with van der Waals surface area (Å²) in [5, 5.41) is 23.4. The van der Waals surface area contributed by atoms with Crippen molar-refractivity contribution < 1.29 is 19.1 Å². The molecule has 5 rings (SSSR count). The maximum atomic E-state index is 12.5. The quantitative estimate of drug-likeness (QED) is 0.0545. The zero-order valence-electron chi connectivity index (χ0n) is 28.2. The molecule has 0 aliphatic heterocycles. The molecule has 0 fully saturated rings. The molecular formula is C36H44N10O4. The Labute approximate surface area is 291 Å². The third kappa shape index (κ3) is 11.5. The van der Waals surface area contributed by atoms with Gasteiger partial charge in [-0.2, -0.15) is 20.1 Å². The second-order valence-electron chi connectivity index (χ2n) is 11.4. The Balaban J connectivity index is 1.10. The highest BCUT2D eigenvalue weighted by Gasteiger charge is 2.10. The zero-order chi connectivity index (χ0) is 34.8. The van der Waals surface area contributed by atoms with Gasteiger partial charge in [-0.05, 0) is 61.0 Å². The molecule has 0 saturated carbocycles. The fourth-order valence-electron chi connectivity index (χ4n) is 4.89. The topological polar surface area (TPSA) is 180 Å². The van der Waals surface area contributed by atoms with Gasteiger partial charge in [0.25, 0.3) is 11.8 Å². The first-order valence-electron chi connectivity index (χ1n) is 16.9. The van der Waals surface area contributed by atoms with Crippen molar-refractivity contribution in [2.24, 2.45) is 0 Å². The van der Waals surface area contributed by atoms with Crippen molar-refractivity contribution in [3.63, 3.8) is 0 Å². The number of fused-ring (bicyclic) bond motifs is 1. The van der Waals surface area contributed by atoms with Crippen LogP contribution in [0.25, 0.3) is 10.9 Å². The van der Waals surface area contributed by atoms with Gasteiger partial charge >= 0.3 is 0 Å². The minimum atomic E-state index is -0.128. The number of nitrogens with one attached hydrogen (secondary N) is 6. The van der Waals surface area contributed by atoms with Gasteiger partial charge in [0.2, 0.25) is 17.8 Å². The molecule has 5 aromatic rings. The Hall–Kier alpha value is -5.60. The Morgan fingerprint density at radius 2 is 1.30 bits per heavy atom. The Kier molecular flexibility index (Phi) is 13.9. The Morgan fingerprint density at radius 3 is 2.04 bits per heavy atom. The van der Waals surface area contributed by atoms with E-state index in [0.29, 0.717) is 75.0 Å². The number of rotatable bonds is 21. The molecule has 0 aliphatic carbocycles. The maximum absolute atomic E-state index is 12.5. The molecule has 0 unspecified atom stereocenters. The lowest BCUT2D eigenvalue weighted by Crippen LogP contribution is -2.27. The predicted molar refractivity (Wildman–Crippen MR) is 194 cm³/mol. The average Bonchev–Trinajstić information content (AvgIpc) is 3.61. The summed E-state index contributed by atoms with van der Waals surface area (Å²) < 4.78 is 11.3. The molecular weight excluding hydrogens is 636 g/mol. The second kappa shape index (κ2) is 19.4. The second-order valence-corrected chi connectivity index (χ2v) is 11.4. The summed E-state index contributed by atoms with van der Waals surface area (Å²) in [6, 6.07) is 22.0. The van der Waals surface area contributed by atoms with Crippen molar-refractivity contribution in [1.82, 2.24) is 35.8 Å². The molecule has 0 saturated heterocycles. The van der Waals surface area contributed by atoms with Crippen molar-refractivity contribution in [1.29, 1.82) is 0 Å². The van der Waals surface area contributed by atoms with Crippen LogP contribution in [0.5, 0.6) is 0 Å². The number of ether oxygens (including phenoxy) is 2. The summed E-state index contributed by atoms with van der Waals surface area (Å²) in [7, 11) is 0. The minimum absolute atomic E-state index is 0.0955. The molecule has 14 heteroatoms. The smallest absolute Gasteiger partial charge is 0.251 e. The molecule has 50 heavy (non-hydrogen) atoms. The standard InChI is InChI=1S/C36H44N10O4/c1-2-3-4-8-17-37-33(48)27-11-13-29(14-12-27)41-35-43-34(44-36(45-35)42-30-15-16-31-28(24-30)25-40-46-31)39-19-21-50-23-22-49-20-18-38-32(47)26-9-6-5-7-10-26/h5-7,9-16,24-25H,2-4,8,17-23H2,1H3,(H,37,48)(H,38,47)(H,40,46)(H3,39,41,42,43,44,45). The first-order chi connectivity index (χ1) is 24.6. The van der Waals surface area contributed by atoms with Crippen molar-refractivity contribution in [2.45, 2.75) is 32.6 Å². The van der Waals surface area contributed by atoms with Gasteiger partial charge in [-0.15, -0.1) is 0 Å². The lowest BCUT2D eigenvalue weighted by Gasteiger charge is -2.12. The molecule has 3 aromatic carbocycles. The number of aromatic amines is 1. The third-order valence-electron chi connectivity index (χ3n) is 7.52. The van der Waals surface area contributed by atoms with Gasteiger partial charge in [-0.3, -0.25) is 14.7 Å². The van der Waals surface area contributed by atoms with E-state index in [1.54, 1.807) is 30.5 Å². The average molecular weight is 681 g/mol. The molecule has 262 valence electrons. The van der Waals surface area contributed by atoms with Crippen LogP contribution < -0.4 is 26.6 Å². The first kappa shape index (κ1) is 35.7. The molecule has 0 radical (unpaired) electrons. The van der Waals surface area contributed by atoms with E-state index in [0.717, 1.165) is 41.5 Å². The highest BCUT2D eigenvalue weighted by molar-refractivity contribution is 5.95. The Bertz CT molecular complexity index is 1780. The van der Waals surface area contributed by atoms with Gasteiger partial charge in [-0.1, -0.05) is 44.4 Å². The normalized spacial score (nSPS) is 10.9. The van der Waals surface area contributed by atoms with Crippen molar-refractivity contribution in [2.75, 3.05) is 62.0 Å². The molecule has 6 N–H and O–H groups in total. The van der Waals surface area contributed by atoms with Crippen molar-refractivity contribution >= 4 is 51.9 Å². The van der Waals surface area contributed by atoms with Gasteiger partial charge in [-0.25, -0.2) is 0 Å². The van der Waals surface area contributed by atoms with Gasteiger partial charge in [0.1, 0.15) is 0 Å². The third-order valence-corrected chi connectivity index (χ3v) is 7.52. The first-order valence-corrected chi connectivity index (χ1v) is 16.9. The predicted octanol–water partition coefficient (Wildman–Crippen LogP) is 5.42. The molecule has 14 nitrogen and oxygen atoms in total. The lowest BCUT2D eigenvalue weighted by atomic mass is 10.2. The number of hydrogen-bond acceptors (Lipinski definition) is 11. The number of H-pyrrole nitrogens is 1. The lowest BCUT2D eigenvalue weighted by molar-refractivity contribution is 0.0519. The van der Waals surface area contributed by atoms with E-state index in [1.165, 1.54) is 6.42 Å². The summed E-state index contributed by atoms with van der Waals surface area (Å²) >= 11 is 0. The number of aromatic nitrogens is 5. The minimum Gasteiger partial charge on any atom is -0.377 e. The van der Waals surface area contributed by atoms with E-state index < -0.39 is 0 Å². The van der Waals surface area contributed by atoms with E-state index in [1.807, 2.05) is 48.5 Å². The molecule has 0 aliphatic rings. The summed E-state index contributed by atoms with van der Waals surface area (Å²) in [6.07, 6.45) is 6.16. The maximum Gasteiger partial charge on any atom is 0.251 e. The monoisotopic (exact) mass is 680 g/mol. The van der Waals surface area contributed by atoms with E-state index in [9.17, 15) is 9.59 Å². The van der Waals surface area contributed by atoms with Gasteiger partial charge in [0.15, 0.2) is 0 Å². The van der Waals surface area contributed by atoms with Crippen LogP contribution in [-0.2, 0) is 9.47 Å². The summed E-state index contributed by atoms with van der Waals surface area (Å²) in [4.78, 5) is 38.3. The fourth-order valence-corrected chi connectivity index (χ4v) is 4.89. The van der Waals surface area contributed by atoms with E-state index in [-0.39, 0.29) is 11.8 Å². The fraction of sp³-hybridized carbons (Fsp3) is 0.333. The number of nitrogens with zero attached hydrogens (tertiary/aromatic N) is 4. The van der Waals surface area contributed by atoms with Crippen molar-refractivity contribution in [3.05, 3.63) is 90.1 Å². The molecule has 2 amide bonds. The SMILES string of the molecule is CCCCCCNC(=O)c1ccc(Nc2nc(NCCOCCOCCNC(=O)c3ccccc3)nc(Nc3ccc4[nH]ncc4c3)n2)cc1. The highest BCUT2D eigenvalue weighted by Crippen LogP contribution is 2.22. The van der Waals surface area contributed by atoms with Crippen molar-refractivity contribution in [3.8, 4) is 0 Å². The highest BCUT2D eigenvalue weighted by atomic mass is 16.5. The summed E-state index contributed by atoms with van der Waals surface area (Å²) in [5.74, 6) is 0.775. The molecule has 2 heterocycles. The number of unbranched alkanes of at least 4 members (excludes halogenated alkanes) is 3. The van der Waals surface area contributed by atoms with Crippen LogP contribution in [0.4, 0.5) is 29.2 Å². The van der Waals surface area contributed by atoms with E-state index in [2.05, 4.69) is 58.7 Å². The van der Waals surface area contributed by atoms with Crippen LogP contribution in [-0.4, -0.2) is 83.0 Å². The van der Waals surface area contributed by atoms with E-state index in [4.69, 9.17) is 9.47 Å². The van der Waals surface area contributed by atoms with Gasteiger partial charge in [0, 0.05) is 47.5 Å². The van der Waals surface area contributed by atoms with Crippen LogP contribution in [0, 0.1) is 0 Å². The number of anilines is 5. The molecule has 0 spiro atoms. The number of benzene rings is 3. The van der Waals surface area contributed by atoms with E-state index >= 15 is 0 Å². The van der Waals surface area contributed by atoms with Crippen LogP contribution in [0.15, 0.2) is 79.0 Å². The van der Waals surface area contributed by atoms with Crippen LogP contribution in [0.2, 0.25) is 0 Å².